The number of carbonyl (C=O) groups excluding carboxylic acids is 6. The predicted octanol–water partition coefficient (Wildman–Crippen LogP) is 1.17. The second kappa shape index (κ2) is 20.7. The Morgan fingerprint density at radius 3 is 1.49 bits per heavy atom. The summed E-state index contributed by atoms with van der Waals surface area (Å²) in [6.07, 6.45) is 0. The zero-order valence-corrected chi connectivity index (χ0v) is 30.0. The molecule has 0 radical (unpaired) electrons. The van der Waals surface area contributed by atoms with Gasteiger partial charge in [0.2, 0.25) is 10.2 Å². The number of carbonyl (C=O) groups is 6. The summed E-state index contributed by atoms with van der Waals surface area (Å²) in [4.78, 5) is 76.0. The number of ether oxygens (including phenoxy) is 4. The van der Waals surface area contributed by atoms with E-state index >= 15 is 0 Å². The molecule has 0 aliphatic carbocycles. The Balaban J connectivity index is 2.24. The Bertz CT molecular complexity index is 1130. The van der Waals surface area contributed by atoms with Crippen LogP contribution in [0.2, 0.25) is 0 Å². The van der Waals surface area contributed by atoms with Gasteiger partial charge in [0.25, 0.3) is 11.8 Å². The summed E-state index contributed by atoms with van der Waals surface area (Å²) in [5.41, 5.74) is 11.4. The molecule has 45 heavy (non-hydrogen) atoms. The molecule has 252 valence electrons. The van der Waals surface area contributed by atoms with Gasteiger partial charge in [0.15, 0.2) is 11.5 Å². The van der Waals surface area contributed by atoms with E-state index in [-0.39, 0.29) is 80.9 Å². The minimum atomic E-state index is -1.16. The number of hydrogen-bond donors (Lipinski definition) is 6. The van der Waals surface area contributed by atoms with Crippen molar-refractivity contribution in [3.63, 3.8) is 0 Å². The lowest BCUT2D eigenvalue weighted by molar-refractivity contribution is -0.145. The molecule has 4 atom stereocenters. The summed E-state index contributed by atoms with van der Waals surface area (Å²) in [6, 6.07) is -3.90. The van der Waals surface area contributed by atoms with Crippen molar-refractivity contribution < 1.29 is 47.7 Å². The molecule has 21 heteroatoms. The topological polar surface area (TPSA) is 215 Å². The quantitative estimate of drug-likeness (QED) is 0.0703. The highest BCUT2D eigenvalue weighted by atomic mass is 33.1. The van der Waals surface area contributed by atoms with Gasteiger partial charge in [-0.2, -0.15) is 25.3 Å². The average molecular weight is 763 g/mol. The van der Waals surface area contributed by atoms with Gasteiger partial charge in [0.05, 0.1) is 25.3 Å². The van der Waals surface area contributed by atoms with Gasteiger partial charge < -0.3 is 41.0 Å². The molecule has 1 aliphatic rings. The first-order valence-electron chi connectivity index (χ1n) is 13.3. The lowest BCUT2D eigenvalue weighted by Gasteiger charge is -2.19. The zero-order valence-electron chi connectivity index (χ0n) is 24.1. The SMILES string of the molecule is CCOC(=O)C(CSSC(=O)[C@@H](N)CS)NC(=O)c1sc(C(=O)NC(CSSC(=O)[C@@H](N)CS)C(=O)OCC)c2c1OCCO2. The van der Waals surface area contributed by atoms with Gasteiger partial charge in [-0.15, -0.1) is 11.3 Å². The van der Waals surface area contributed by atoms with Gasteiger partial charge in [-0.1, -0.05) is 21.6 Å². The second-order valence-electron chi connectivity index (χ2n) is 8.62. The number of thiol groups is 2. The molecular weight excluding hydrogens is 729 g/mol. The number of esters is 2. The van der Waals surface area contributed by atoms with Crippen LogP contribution in [0.5, 0.6) is 11.5 Å². The molecule has 0 saturated carbocycles. The lowest BCUT2D eigenvalue weighted by Crippen LogP contribution is -2.43. The molecule has 1 aromatic heterocycles. The van der Waals surface area contributed by atoms with Crippen molar-refractivity contribution in [1.29, 1.82) is 0 Å². The van der Waals surface area contributed by atoms with E-state index in [0.717, 1.165) is 54.5 Å². The van der Waals surface area contributed by atoms with Crippen molar-refractivity contribution in [2.75, 3.05) is 49.4 Å². The lowest BCUT2D eigenvalue weighted by atomic mass is 10.2. The zero-order chi connectivity index (χ0) is 33.5. The normalized spacial score (nSPS) is 14.8. The maximum absolute atomic E-state index is 13.4. The Morgan fingerprint density at radius 2 is 1.16 bits per heavy atom. The van der Waals surface area contributed by atoms with Gasteiger partial charge in [-0.25, -0.2) is 9.59 Å². The molecule has 0 spiro atoms. The first-order chi connectivity index (χ1) is 21.5. The van der Waals surface area contributed by atoms with Gasteiger partial charge in [-0.3, -0.25) is 19.2 Å². The molecule has 2 unspecified atom stereocenters. The highest BCUT2D eigenvalue weighted by Gasteiger charge is 2.35. The largest absolute Gasteiger partial charge is 0.484 e. The fourth-order valence-corrected chi connectivity index (χ4v) is 8.84. The third-order valence-electron chi connectivity index (χ3n) is 5.31. The summed E-state index contributed by atoms with van der Waals surface area (Å²) in [5.74, 6) is -2.74. The van der Waals surface area contributed by atoms with E-state index in [0.29, 0.717) is 0 Å². The molecule has 0 fully saturated rings. The van der Waals surface area contributed by atoms with Crippen LogP contribution in [0.1, 0.15) is 33.2 Å². The van der Waals surface area contributed by atoms with Crippen LogP contribution in [-0.2, 0) is 28.7 Å². The van der Waals surface area contributed by atoms with E-state index in [2.05, 4.69) is 35.9 Å². The summed E-state index contributed by atoms with van der Waals surface area (Å²) >= 11 is 8.73. The molecule has 0 bridgehead atoms. The van der Waals surface area contributed by atoms with Crippen molar-refractivity contribution in [2.24, 2.45) is 11.5 Å². The summed E-state index contributed by atoms with van der Waals surface area (Å²) < 4.78 is 21.5. The molecule has 2 rings (SSSR count). The molecule has 2 heterocycles. The monoisotopic (exact) mass is 762 g/mol. The number of nitrogens with one attached hydrogen (secondary N) is 2. The second-order valence-corrected chi connectivity index (χ2v) is 15.1. The van der Waals surface area contributed by atoms with E-state index in [1.807, 2.05) is 0 Å². The summed E-state index contributed by atoms with van der Waals surface area (Å²) in [6.45, 7) is 3.50. The Morgan fingerprint density at radius 1 is 0.778 bits per heavy atom. The van der Waals surface area contributed by atoms with Crippen LogP contribution < -0.4 is 31.6 Å². The highest BCUT2D eigenvalue weighted by Crippen LogP contribution is 2.44. The molecule has 0 saturated heterocycles. The summed E-state index contributed by atoms with van der Waals surface area (Å²) in [7, 11) is 3.67. The third kappa shape index (κ3) is 12.3. The van der Waals surface area contributed by atoms with Crippen LogP contribution in [0.15, 0.2) is 0 Å². The first-order valence-corrected chi connectivity index (χ1v) is 20.0. The van der Waals surface area contributed by atoms with Crippen LogP contribution in [-0.4, -0.2) is 108 Å². The molecule has 0 aromatic carbocycles. The van der Waals surface area contributed by atoms with E-state index in [1.54, 1.807) is 13.8 Å². The molecule has 2 amide bonds. The molecule has 6 N–H and O–H groups in total. The Labute approximate surface area is 290 Å². The molecule has 1 aliphatic heterocycles. The van der Waals surface area contributed by atoms with Crippen LogP contribution in [0.4, 0.5) is 0 Å². The number of nitrogens with two attached hydrogens (primary N) is 2. The number of amides is 2. The van der Waals surface area contributed by atoms with E-state index in [1.165, 1.54) is 0 Å². The molecular formula is C24H34N4O10S7. The van der Waals surface area contributed by atoms with Gasteiger partial charge >= 0.3 is 11.9 Å². The van der Waals surface area contributed by atoms with Crippen molar-refractivity contribution in [3.05, 3.63) is 9.75 Å². The Kier molecular flexibility index (Phi) is 18.3. The van der Waals surface area contributed by atoms with Crippen molar-refractivity contribution in [2.45, 2.75) is 38.0 Å². The minimum absolute atomic E-state index is 0.00239. The highest BCUT2D eigenvalue weighted by molar-refractivity contribution is 8.82. The van der Waals surface area contributed by atoms with E-state index in [4.69, 9.17) is 30.4 Å². The number of rotatable bonds is 18. The summed E-state index contributed by atoms with van der Waals surface area (Å²) in [5, 5.41) is 4.46. The maximum atomic E-state index is 13.4. The smallest absolute Gasteiger partial charge is 0.329 e. The number of fused-ring (bicyclic) bond motifs is 1. The maximum Gasteiger partial charge on any atom is 0.329 e. The van der Waals surface area contributed by atoms with Crippen LogP contribution in [0.25, 0.3) is 0 Å². The van der Waals surface area contributed by atoms with Crippen molar-refractivity contribution in [1.82, 2.24) is 10.6 Å². The minimum Gasteiger partial charge on any atom is -0.484 e. The molecule has 1 aromatic rings. The third-order valence-corrected chi connectivity index (χ3v) is 11.9. The standard InChI is InChI=1S/C24H34N4O10S7/c1-3-35-21(31)13(9-41-44-23(33)11(25)7-39)27-19(29)17-15-16(38-6-5-37-15)18(43-17)20(30)28-14(22(32)36-4-2)10-42-45-24(34)12(26)8-40/h11-14,39-40H,3-10,25-26H2,1-2H3,(H,27,29)(H,28,30)/t11-,12-,13?,14?/m0/s1. The van der Waals surface area contributed by atoms with Gasteiger partial charge in [0.1, 0.15) is 35.1 Å². The van der Waals surface area contributed by atoms with Crippen LogP contribution in [0, 0.1) is 0 Å². The fourth-order valence-electron chi connectivity index (χ4n) is 3.11. The van der Waals surface area contributed by atoms with E-state index in [9.17, 15) is 28.8 Å². The van der Waals surface area contributed by atoms with Crippen molar-refractivity contribution >= 4 is 114 Å². The fraction of sp³-hybridized carbons (Fsp3) is 0.583. The van der Waals surface area contributed by atoms with Gasteiger partial charge in [-0.05, 0) is 35.4 Å². The first kappa shape index (κ1) is 39.7. The van der Waals surface area contributed by atoms with E-state index < -0.39 is 47.9 Å². The number of thiophene rings is 1. The average Bonchev–Trinajstić information content (AvgIpc) is 3.43. The van der Waals surface area contributed by atoms with Gasteiger partial charge in [0, 0.05) is 23.0 Å². The predicted molar refractivity (Wildman–Crippen MR) is 185 cm³/mol. The van der Waals surface area contributed by atoms with Crippen LogP contribution in [0.3, 0.4) is 0 Å². The Hall–Kier alpha value is -1.46. The molecule has 14 nitrogen and oxygen atoms in total. The van der Waals surface area contributed by atoms with Crippen molar-refractivity contribution in [3.8, 4) is 11.5 Å². The van der Waals surface area contributed by atoms with Crippen LogP contribution >= 0.6 is 79.8 Å². The number of hydrogen-bond acceptors (Lipinski definition) is 19.